The van der Waals surface area contributed by atoms with E-state index in [4.69, 9.17) is 0 Å². The predicted molar refractivity (Wildman–Crippen MR) is 92.1 cm³/mol. The molecule has 144 valence electrons. The maximum absolute atomic E-state index is 12.4. The van der Waals surface area contributed by atoms with Crippen molar-refractivity contribution in [3.8, 4) is 0 Å². The highest BCUT2D eigenvalue weighted by atomic mass is 19.4. The molecule has 3 heterocycles. The highest BCUT2D eigenvalue weighted by Crippen LogP contribution is 2.31. The summed E-state index contributed by atoms with van der Waals surface area (Å²) in [6.45, 7) is 4.34. The minimum Gasteiger partial charge on any atom is -0.294 e. The lowest BCUT2D eigenvalue weighted by Gasteiger charge is -2.39. The van der Waals surface area contributed by atoms with Crippen LogP contribution in [0, 0.1) is 0 Å². The van der Waals surface area contributed by atoms with Crippen molar-refractivity contribution in [2.75, 3.05) is 11.9 Å². The van der Waals surface area contributed by atoms with Gasteiger partial charge in [-0.15, -0.1) is 5.10 Å². The number of nitrogens with one attached hydrogen (secondary N) is 1. The number of hydrogen-bond acceptors (Lipinski definition) is 4. The summed E-state index contributed by atoms with van der Waals surface area (Å²) in [5, 5.41) is 5.84. The van der Waals surface area contributed by atoms with Gasteiger partial charge in [0.1, 0.15) is 5.82 Å². The third-order valence-corrected chi connectivity index (χ3v) is 5.31. The van der Waals surface area contributed by atoms with E-state index in [2.05, 4.69) is 33.2 Å². The molecule has 4 rings (SSSR count). The Kier molecular flexibility index (Phi) is 4.41. The lowest BCUT2D eigenvalue weighted by atomic mass is 9.93. The summed E-state index contributed by atoms with van der Waals surface area (Å²) in [6, 6.07) is 8.61. The number of nitrogens with zero attached hydrogens (tertiary/aromatic N) is 4. The van der Waals surface area contributed by atoms with Crippen LogP contribution in [0.5, 0.6) is 0 Å². The van der Waals surface area contributed by atoms with Crippen LogP contribution < -0.4 is 5.32 Å². The zero-order valence-electron chi connectivity index (χ0n) is 14.8. The van der Waals surface area contributed by atoms with E-state index in [1.165, 1.54) is 11.1 Å². The summed E-state index contributed by atoms with van der Waals surface area (Å²) in [6.07, 6.45) is -3.12. The zero-order chi connectivity index (χ0) is 19.2. The summed E-state index contributed by atoms with van der Waals surface area (Å²) in [4.78, 5) is 17.6. The molecule has 2 aromatic rings. The van der Waals surface area contributed by atoms with Gasteiger partial charge in [-0.2, -0.15) is 18.2 Å². The summed E-state index contributed by atoms with van der Waals surface area (Å²) in [7, 11) is 0. The number of aromatic nitrogens is 3. The fourth-order valence-corrected chi connectivity index (χ4v) is 3.96. The standard InChI is InChI=1S/C18H20F3N5O/c1-11-8-14(25-7-6-12-4-2-3-5-13(12)9-25)10-26-15(11)22-17(24-26)23-16(27)18(19,20)21/h2-5,11,14H,6-10H2,1H3,(H,23,24,27). The first-order valence-corrected chi connectivity index (χ1v) is 8.95. The molecule has 0 aliphatic carbocycles. The third-order valence-electron chi connectivity index (χ3n) is 5.31. The van der Waals surface area contributed by atoms with Gasteiger partial charge in [-0.05, 0) is 24.0 Å². The van der Waals surface area contributed by atoms with Crippen molar-refractivity contribution in [1.82, 2.24) is 19.7 Å². The first-order chi connectivity index (χ1) is 12.8. The normalized spacial score (nSPS) is 22.8. The average molecular weight is 379 g/mol. The van der Waals surface area contributed by atoms with E-state index in [9.17, 15) is 18.0 Å². The lowest BCUT2D eigenvalue weighted by Crippen LogP contribution is -2.44. The molecule has 0 fully saturated rings. The molecule has 0 saturated carbocycles. The van der Waals surface area contributed by atoms with E-state index in [0.29, 0.717) is 12.4 Å². The van der Waals surface area contributed by atoms with Gasteiger partial charge < -0.3 is 0 Å². The van der Waals surface area contributed by atoms with Gasteiger partial charge in [-0.25, -0.2) is 4.68 Å². The molecule has 2 aliphatic heterocycles. The van der Waals surface area contributed by atoms with Crippen molar-refractivity contribution in [2.24, 2.45) is 0 Å². The van der Waals surface area contributed by atoms with Gasteiger partial charge >= 0.3 is 12.1 Å². The minimum absolute atomic E-state index is 0.0463. The summed E-state index contributed by atoms with van der Waals surface area (Å²) >= 11 is 0. The number of carbonyl (C=O) groups excluding carboxylic acids is 1. The van der Waals surface area contributed by atoms with Crippen LogP contribution in [0.1, 0.15) is 36.2 Å². The molecule has 1 amide bonds. The minimum atomic E-state index is -4.96. The fraction of sp³-hybridized carbons (Fsp3) is 0.500. The quantitative estimate of drug-likeness (QED) is 0.872. The molecule has 6 nitrogen and oxygen atoms in total. The molecule has 2 unspecified atom stereocenters. The Labute approximate surface area is 154 Å². The number of halogens is 3. The Bertz CT molecular complexity index is 863. The average Bonchev–Trinajstić information content (AvgIpc) is 3.03. The summed E-state index contributed by atoms with van der Waals surface area (Å²) in [5.41, 5.74) is 2.69. The number of benzene rings is 1. The first kappa shape index (κ1) is 18.0. The van der Waals surface area contributed by atoms with E-state index in [1.807, 2.05) is 13.0 Å². The molecule has 0 spiro atoms. The molecule has 2 atom stereocenters. The summed E-state index contributed by atoms with van der Waals surface area (Å²) < 4.78 is 39.0. The van der Waals surface area contributed by atoms with Gasteiger partial charge in [0, 0.05) is 25.0 Å². The molecule has 2 aliphatic rings. The van der Waals surface area contributed by atoms with Crippen LogP contribution in [0.15, 0.2) is 24.3 Å². The first-order valence-electron chi connectivity index (χ1n) is 8.95. The van der Waals surface area contributed by atoms with Crippen molar-refractivity contribution in [2.45, 2.75) is 51.0 Å². The Morgan fingerprint density at radius 1 is 1.26 bits per heavy atom. The molecule has 0 saturated heterocycles. The molecule has 1 aromatic carbocycles. The molecule has 27 heavy (non-hydrogen) atoms. The maximum Gasteiger partial charge on any atom is 0.471 e. The maximum atomic E-state index is 12.4. The number of alkyl halides is 3. The molecule has 0 radical (unpaired) electrons. The van der Waals surface area contributed by atoms with E-state index >= 15 is 0 Å². The molecular formula is C18H20F3N5O. The van der Waals surface area contributed by atoms with Crippen LogP contribution in [-0.2, 0) is 24.3 Å². The Balaban J connectivity index is 1.49. The summed E-state index contributed by atoms with van der Waals surface area (Å²) in [5.74, 6) is -1.68. The van der Waals surface area contributed by atoms with Crippen LogP contribution in [0.3, 0.4) is 0 Å². The number of amides is 1. The van der Waals surface area contributed by atoms with Gasteiger partial charge in [0.25, 0.3) is 0 Å². The fourth-order valence-electron chi connectivity index (χ4n) is 3.96. The topological polar surface area (TPSA) is 63.1 Å². The van der Waals surface area contributed by atoms with Crippen molar-refractivity contribution < 1.29 is 18.0 Å². The number of hydrogen-bond donors (Lipinski definition) is 1. The monoisotopic (exact) mass is 379 g/mol. The third kappa shape index (κ3) is 3.55. The molecule has 1 aromatic heterocycles. The van der Waals surface area contributed by atoms with Gasteiger partial charge in [-0.3, -0.25) is 15.0 Å². The second-order valence-corrected chi connectivity index (χ2v) is 7.21. The van der Waals surface area contributed by atoms with Crippen LogP contribution in [-0.4, -0.2) is 44.3 Å². The smallest absolute Gasteiger partial charge is 0.294 e. The van der Waals surface area contributed by atoms with Crippen LogP contribution in [0.4, 0.5) is 19.1 Å². The molecule has 0 bridgehead atoms. The van der Waals surface area contributed by atoms with Crippen molar-refractivity contribution in [3.63, 3.8) is 0 Å². The highest BCUT2D eigenvalue weighted by Gasteiger charge is 2.40. The largest absolute Gasteiger partial charge is 0.471 e. The van der Waals surface area contributed by atoms with Crippen LogP contribution in [0.25, 0.3) is 0 Å². The van der Waals surface area contributed by atoms with Crippen LogP contribution >= 0.6 is 0 Å². The second-order valence-electron chi connectivity index (χ2n) is 7.21. The van der Waals surface area contributed by atoms with E-state index in [1.54, 1.807) is 10.00 Å². The van der Waals surface area contributed by atoms with Crippen LogP contribution in [0.2, 0.25) is 0 Å². The predicted octanol–water partition coefficient (Wildman–Crippen LogP) is 2.71. The Morgan fingerprint density at radius 2 is 2.00 bits per heavy atom. The van der Waals surface area contributed by atoms with Crippen molar-refractivity contribution in [3.05, 3.63) is 41.2 Å². The van der Waals surface area contributed by atoms with Gasteiger partial charge in [0.05, 0.1) is 6.54 Å². The number of fused-ring (bicyclic) bond motifs is 2. The Hall–Kier alpha value is -2.42. The SMILES string of the molecule is CC1CC(N2CCc3ccccc3C2)Cn2nc(NC(=O)C(F)(F)F)nc21. The highest BCUT2D eigenvalue weighted by molar-refractivity contribution is 5.93. The zero-order valence-corrected chi connectivity index (χ0v) is 14.8. The molecule has 1 N–H and O–H groups in total. The molecular weight excluding hydrogens is 359 g/mol. The second kappa shape index (κ2) is 6.63. The Morgan fingerprint density at radius 3 is 2.74 bits per heavy atom. The van der Waals surface area contributed by atoms with Crippen molar-refractivity contribution in [1.29, 1.82) is 0 Å². The van der Waals surface area contributed by atoms with Gasteiger partial charge in [0.2, 0.25) is 5.95 Å². The van der Waals surface area contributed by atoms with E-state index in [-0.39, 0.29) is 17.9 Å². The van der Waals surface area contributed by atoms with E-state index < -0.39 is 12.1 Å². The van der Waals surface area contributed by atoms with Gasteiger partial charge in [-0.1, -0.05) is 31.2 Å². The lowest BCUT2D eigenvalue weighted by molar-refractivity contribution is -0.167. The number of carbonyl (C=O) groups is 1. The molecule has 9 heteroatoms. The van der Waals surface area contributed by atoms with E-state index in [0.717, 1.165) is 25.9 Å². The van der Waals surface area contributed by atoms with Gasteiger partial charge in [0.15, 0.2) is 0 Å². The number of rotatable bonds is 2. The number of anilines is 1. The van der Waals surface area contributed by atoms with Crippen molar-refractivity contribution >= 4 is 11.9 Å².